The average Bonchev–Trinajstić information content (AvgIpc) is 3.08. The lowest BCUT2D eigenvalue weighted by atomic mass is 10.0. The first kappa shape index (κ1) is 14.4. The standard InChI is InChI=1S/C16H22N2O3/c19-16(17-12-13-6-2-1-3-7-13)18-9-5-4-8-14(18)15-20-10-11-21-15/h1-3,6-7,14-15H,4-5,8-12H2,(H,17,19)/t14-/m0/s1. The minimum Gasteiger partial charge on any atom is -0.348 e. The Morgan fingerprint density at radius 2 is 1.95 bits per heavy atom. The van der Waals surface area contributed by atoms with E-state index in [2.05, 4.69) is 5.32 Å². The lowest BCUT2D eigenvalue weighted by Crippen LogP contribution is -2.53. The molecule has 5 heteroatoms. The van der Waals surface area contributed by atoms with Crippen molar-refractivity contribution in [2.24, 2.45) is 0 Å². The van der Waals surface area contributed by atoms with Crippen LogP contribution in [0.15, 0.2) is 30.3 Å². The number of hydrogen-bond donors (Lipinski definition) is 1. The number of piperidine rings is 1. The smallest absolute Gasteiger partial charge is 0.318 e. The van der Waals surface area contributed by atoms with Gasteiger partial charge in [0, 0.05) is 13.1 Å². The number of carbonyl (C=O) groups is 1. The number of nitrogens with zero attached hydrogens (tertiary/aromatic N) is 1. The summed E-state index contributed by atoms with van der Waals surface area (Å²) in [5, 5.41) is 3.00. The van der Waals surface area contributed by atoms with Gasteiger partial charge < -0.3 is 19.7 Å². The van der Waals surface area contributed by atoms with Crippen LogP contribution in [-0.2, 0) is 16.0 Å². The molecule has 3 rings (SSSR count). The molecule has 1 aromatic rings. The van der Waals surface area contributed by atoms with Crippen molar-refractivity contribution in [3.8, 4) is 0 Å². The number of hydrogen-bond acceptors (Lipinski definition) is 3. The zero-order chi connectivity index (χ0) is 14.5. The van der Waals surface area contributed by atoms with Crippen molar-refractivity contribution in [3.05, 3.63) is 35.9 Å². The van der Waals surface area contributed by atoms with Crippen LogP contribution in [0, 0.1) is 0 Å². The lowest BCUT2D eigenvalue weighted by Gasteiger charge is -2.37. The normalized spacial score (nSPS) is 23.2. The summed E-state index contributed by atoms with van der Waals surface area (Å²) >= 11 is 0. The number of nitrogens with one attached hydrogen (secondary N) is 1. The molecule has 0 aliphatic carbocycles. The van der Waals surface area contributed by atoms with Crippen LogP contribution in [0.1, 0.15) is 24.8 Å². The van der Waals surface area contributed by atoms with Crippen LogP contribution < -0.4 is 5.32 Å². The highest BCUT2D eigenvalue weighted by atomic mass is 16.7. The monoisotopic (exact) mass is 290 g/mol. The number of ether oxygens (including phenoxy) is 2. The highest BCUT2D eigenvalue weighted by Crippen LogP contribution is 2.24. The SMILES string of the molecule is O=C(NCc1ccccc1)N1CCCC[C@H]1C1OCCO1. The van der Waals surface area contributed by atoms with Gasteiger partial charge in [-0.3, -0.25) is 0 Å². The van der Waals surface area contributed by atoms with Crippen molar-refractivity contribution in [3.63, 3.8) is 0 Å². The predicted molar refractivity (Wildman–Crippen MR) is 78.7 cm³/mol. The van der Waals surface area contributed by atoms with Crippen LogP contribution in [0.25, 0.3) is 0 Å². The van der Waals surface area contributed by atoms with Gasteiger partial charge in [0.15, 0.2) is 6.29 Å². The molecule has 0 unspecified atom stereocenters. The molecule has 1 aromatic carbocycles. The van der Waals surface area contributed by atoms with E-state index in [1.165, 1.54) is 0 Å². The Hall–Kier alpha value is -1.59. The van der Waals surface area contributed by atoms with Crippen molar-refractivity contribution in [2.75, 3.05) is 19.8 Å². The fourth-order valence-electron chi connectivity index (χ4n) is 2.97. The second kappa shape index (κ2) is 6.91. The Labute approximate surface area is 125 Å². The number of rotatable bonds is 3. The molecule has 21 heavy (non-hydrogen) atoms. The molecule has 2 aliphatic rings. The van der Waals surface area contributed by atoms with E-state index in [9.17, 15) is 4.79 Å². The van der Waals surface area contributed by atoms with Crippen LogP contribution in [0.4, 0.5) is 4.79 Å². The molecule has 2 fully saturated rings. The maximum Gasteiger partial charge on any atom is 0.318 e. The van der Waals surface area contributed by atoms with Crippen LogP contribution in [0.5, 0.6) is 0 Å². The Morgan fingerprint density at radius 1 is 1.19 bits per heavy atom. The topological polar surface area (TPSA) is 50.8 Å². The molecule has 2 saturated heterocycles. The number of carbonyl (C=O) groups excluding carboxylic acids is 1. The van der Waals surface area contributed by atoms with Crippen molar-refractivity contribution >= 4 is 6.03 Å². The summed E-state index contributed by atoms with van der Waals surface area (Å²) in [7, 11) is 0. The summed E-state index contributed by atoms with van der Waals surface area (Å²) in [4.78, 5) is 14.3. The van der Waals surface area contributed by atoms with Gasteiger partial charge in [-0.15, -0.1) is 0 Å². The maximum absolute atomic E-state index is 12.4. The average molecular weight is 290 g/mol. The first-order valence-corrected chi connectivity index (χ1v) is 7.66. The number of amides is 2. The van der Waals surface area contributed by atoms with Crippen LogP contribution in [-0.4, -0.2) is 43.0 Å². The molecule has 1 atom stereocenters. The van der Waals surface area contributed by atoms with Crippen molar-refractivity contribution in [1.82, 2.24) is 10.2 Å². The van der Waals surface area contributed by atoms with E-state index in [1.54, 1.807) is 0 Å². The quantitative estimate of drug-likeness (QED) is 0.927. The Morgan fingerprint density at radius 3 is 2.71 bits per heavy atom. The molecular formula is C16H22N2O3. The highest BCUT2D eigenvalue weighted by Gasteiger charge is 2.36. The Bertz CT molecular complexity index is 460. The van der Waals surface area contributed by atoms with Gasteiger partial charge in [0.2, 0.25) is 0 Å². The molecule has 2 aliphatic heterocycles. The third-order valence-corrected chi connectivity index (χ3v) is 4.06. The molecule has 1 N–H and O–H groups in total. The molecule has 2 heterocycles. The fraction of sp³-hybridized carbons (Fsp3) is 0.562. The van der Waals surface area contributed by atoms with Crippen LogP contribution in [0.2, 0.25) is 0 Å². The third-order valence-electron chi connectivity index (χ3n) is 4.06. The van der Waals surface area contributed by atoms with Gasteiger partial charge in [0.05, 0.1) is 19.3 Å². The molecule has 0 saturated carbocycles. The maximum atomic E-state index is 12.4. The van der Waals surface area contributed by atoms with Gasteiger partial charge in [-0.25, -0.2) is 4.79 Å². The molecule has 0 aromatic heterocycles. The van der Waals surface area contributed by atoms with Gasteiger partial charge in [-0.1, -0.05) is 30.3 Å². The second-order valence-electron chi connectivity index (χ2n) is 5.51. The predicted octanol–water partition coefficient (Wildman–Crippen LogP) is 2.12. The van der Waals surface area contributed by atoms with Crippen molar-refractivity contribution in [2.45, 2.75) is 38.1 Å². The zero-order valence-corrected chi connectivity index (χ0v) is 12.2. The third kappa shape index (κ3) is 3.54. The Balaban J connectivity index is 1.58. The van der Waals surface area contributed by atoms with Gasteiger partial charge in [0.25, 0.3) is 0 Å². The molecular weight excluding hydrogens is 268 g/mol. The van der Waals surface area contributed by atoms with Crippen LogP contribution >= 0.6 is 0 Å². The molecule has 114 valence electrons. The lowest BCUT2D eigenvalue weighted by molar-refractivity contribution is -0.0983. The first-order valence-electron chi connectivity index (χ1n) is 7.66. The highest BCUT2D eigenvalue weighted by molar-refractivity contribution is 5.74. The van der Waals surface area contributed by atoms with E-state index in [-0.39, 0.29) is 18.4 Å². The summed E-state index contributed by atoms with van der Waals surface area (Å²) in [6.07, 6.45) is 2.86. The summed E-state index contributed by atoms with van der Waals surface area (Å²) in [5.74, 6) is 0. The number of benzene rings is 1. The summed E-state index contributed by atoms with van der Waals surface area (Å²) in [5.41, 5.74) is 1.10. The van der Waals surface area contributed by atoms with E-state index in [1.807, 2.05) is 35.2 Å². The second-order valence-corrected chi connectivity index (χ2v) is 5.51. The number of urea groups is 1. The van der Waals surface area contributed by atoms with Gasteiger partial charge in [0.1, 0.15) is 0 Å². The largest absolute Gasteiger partial charge is 0.348 e. The summed E-state index contributed by atoms with van der Waals surface area (Å²) in [6, 6.07) is 9.96. The minimum atomic E-state index is -0.257. The zero-order valence-electron chi connectivity index (χ0n) is 12.2. The van der Waals surface area contributed by atoms with Crippen molar-refractivity contribution < 1.29 is 14.3 Å². The van der Waals surface area contributed by atoms with E-state index in [0.29, 0.717) is 19.8 Å². The van der Waals surface area contributed by atoms with Crippen LogP contribution in [0.3, 0.4) is 0 Å². The molecule has 5 nitrogen and oxygen atoms in total. The van der Waals surface area contributed by atoms with E-state index >= 15 is 0 Å². The molecule has 2 amide bonds. The van der Waals surface area contributed by atoms with E-state index in [4.69, 9.17) is 9.47 Å². The van der Waals surface area contributed by atoms with Gasteiger partial charge in [-0.2, -0.15) is 0 Å². The Kier molecular flexibility index (Phi) is 4.72. The van der Waals surface area contributed by atoms with E-state index in [0.717, 1.165) is 31.4 Å². The summed E-state index contributed by atoms with van der Waals surface area (Å²) in [6.45, 7) is 2.57. The van der Waals surface area contributed by atoms with Gasteiger partial charge in [-0.05, 0) is 24.8 Å². The van der Waals surface area contributed by atoms with Gasteiger partial charge >= 0.3 is 6.03 Å². The molecule has 0 spiro atoms. The van der Waals surface area contributed by atoms with E-state index < -0.39 is 0 Å². The molecule has 0 radical (unpaired) electrons. The minimum absolute atomic E-state index is 0.0253. The van der Waals surface area contributed by atoms with Crippen molar-refractivity contribution in [1.29, 1.82) is 0 Å². The number of likely N-dealkylation sites (tertiary alicyclic amines) is 1. The first-order chi connectivity index (χ1) is 10.3. The fourth-order valence-corrected chi connectivity index (χ4v) is 2.97. The molecule has 0 bridgehead atoms. The summed E-state index contributed by atoms with van der Waals surface area (Å²) < 4.78 is 11.2.